The quantitative estimate of drug-likeness (QED) is 0.760. The molecule has 1 aliphatic heterocycles. The fourth-order valence-electron chi connectivity index (χ4n) is 2.43. The summed E-state index contributed by atoms with van der Waals surface area (Å²) in [7, 11) is 1.61. The number of aryl methyl sites for hydroxylation is 1. The second-order valence-corrected chi connectivity index (χ2v) is 7.60. The van der Waals surface area contributed by atoms with E-state index in [-0.39, 0.29) is 5.78 Å². The number of methoxy groups -OCH3 is 1. The normalized spacial score (nSPS) is 13.8. The van der Waals surface area contributed by atoms with Gasteiger partial charge in [0.2, 0.25) is 0 Å². The molecule has 0 N–H and O–H groups in total. The molecular weight excluding hydrogens is 324 g/mol. The van der Waals surface area contributed by atoms with Crippen molar-refractivity contribution in [2.24, 2.45) is 0 Å². The predicted molar refractivity (Wildman–Crippen MR) is 90.2 cm³/mol. The summed E-state index contributed by atoms with van der Waals surface area (Å²) < 4.78 is 5.31. The maximum atomic E-state index is 12.5. The van der Waals surface area contributed by atoms with Crippen molar-refractivity contribution < 1.29 is 9.53 Å². The number of Topliss-reactive ketones (excluding diaryl/α,β-unsaturated/α-hetero) is 1. The highest BCUT2D eigenvalue weighted by Gasteiger charge is 2.18. The van der Waals surface area contributed by atoms with Gasteiger partial charge in [-0.05, 0) is 42.0 Å². The summed E-state index contributed by atoms with van der Waals surface area (Å²) in [5, 5.41) is 0.625. The van der Waals surface area contributed by atoms with Crippen LogP contribution in [0.15, 0.2) is 24.3 Å². The molecule has 110 valence electrons. The molecule has 0 unspecified atom stereocenters. The molecule has 1 aromatic heterocycles. The molecule has 5 heteroatoms. The number of rotatable bonds is 4. The third-order valence-corrected chi connectivity index (χ3v) is 6.02. The molecule has 1 aliphatic rings. The van der Waals surface area contributed by atoms with Gasteiger partial charge in [-0.2, -0.15) is 11.8 Å². The predicted octanol–water partition coefficient (Wildman–Crippen LogP) is 4.62. The highest BCUT2D eigenvalue weighted by atomic mass is 35.5. The molecule has 0 saturated heterocycles. The van der Waals surface area contributed by atoms with Crippen molar-refractivity contribution in [2.45, 2.75) is 18.6 Å². The smallest absolute Gasteiger partial charge is 0.177 e. The van der Waals surface area contributed by atoms with Crippen LogP contribution in [-0.4, -0.2) is 18.6 Å². The lowest BCUT2D eigenvalue weighted by Gasteiger charge is -2.08. The van der Waals surface area contributed by atoms with E-state index in [1.165, 1.54) is 10.4 Å². The molecule has 0 fully saturated rings. The summed E-state index contributed by atoms with van der Waals surface area (Å²) >= 11 is 9.59. The number of ketones is 1. The van der Waals surface area contributed by atoms with Crippen LogP contribution in [0.5, 0.6) is 5.75 Å². The first-order valence-electron chi connectivity index (χ1n) is 6.72. The van der Waals surface area contributed by atoms with Crippen LogP contribution in [-0.2, 0) is 18.6 Å². The lowest BCUT2D eigenvalue weighted by atomic mass is 10.1. The average molecular weight is 339 g/mol. The maximum absolute atomic E-state index is 12.5. The summed E-state index contributed by atoms with van der Waals surface area (Å²) in [6, 6.07) is 7.45. The van der Waals surface area contributed by atoms with Crippen LogP contribution in [0.25, 0.3) is 0 Å². The molecule has 0 bridgehead atoms. The Bertz CT molecular complexity index is 655. The van der Waals surface area contributed by atoms with Gasteiger partial charge in [0.05, 0.1) is 12.0 Å². The second kappa shape index (κ2) is 6.42. The van der Waals surface area contributed by atoms with Crippen molar-refractivity contribution in [2.75, 3.05) is 12.9 Å². The number of thioether (sulfide) groups is 1. The number of halogens is 1. The van der Waals surface area contributed by atoms with E-state index < -0.39 is 0 Å². The van der Waals surface area contributed by atoms with E-state index in [1.807, 2.05) is 17.8 Å². The number of hydrogen-bond acceptors (Lipinski definition) is 4. The van der Waals surface area contributed by atoms with Crippen LogP contribution in [0.4, 0.5) is 0 Å². The standard InChI is InChI=1S/C16H15ClO2S2/c1-19-14-3-2-12(17)6-10(14)7-13(18)16-8-11-9-20-5-4-15(11)21-16/h2-3,6,8H,4-5,7,9H2,1H3. The van der Waals surface area contributed by atoms with E-state index in [9.17, 15) is 4.79 Å². The first kappa shape index (κ1) is 14.9. The van der Waals surface area contributed by atoms with Gasteiger partial charge in [0, 0.05) is 27.6 Å². The summed E-state index contributed by atoms with van der Waals surface area (Å²) in [5.41, 5.74) is 2.17. The van der Waals surface area contributed by atoms with Crippen LogP contribution in [0.1, 0.15) is 25.7 Å². The van der Waals surface area contributed by atoms with Crippen molar-refractivity contribution in [3.63, 3.8) is 0 Å². The van der Waals surface area contributed by atoms with Crippen LogP contribution < -0.4 is 4.74 Å². The van der Waals surface area contributed by atoms with E-state index in [0.29, 0.717) is 17.2 Å². The Morgan fingerprint density at radius 1 is 1.38 bits per heavy atom. The van der Waals surface area contributed by atoms with E-state index in [4.69, 9.17) is 16.3 Å². The molecule has 0 amide bonds. The number of carbonyl (C=O) groups is 1. The minimum atomic E-state index is 0.139. The molecule has 2 aromatic rings. The van der Waals surface area contributed by atoms with Crippen LogP contribution >= 0.6 is 34.7 Å². The lowest BCUT2D eigenvalue weighted by molar-refractivity contribution is 0.0996. The monoisotopic (exact) mass is 338 g/mol. The third kappa shape index (κ3) is 3.28. The number of thiophene rings is 1. The van der Waals surface area contributed by atoms with Crippen molar-refractivity contribution in [1.29, 1.82) is 0 Å². The maximum Gasteiger partial charge on any atom is 0.177 e. The Morgan fingerprint density at radius 2 is 2.24 bits per heavy atom. The van der Waals surface area contributed by atoms with Gasteiger partial charge in [0.1, 0.15) is 5.75 Å². The molecule has 3 rings (SSSR count). The molecule has 2 nitrogen and oxygen atoms in total. The van der Waals surface area contributed by atoms with Crippen molar-refractivity contribution >= 4 is 40.5 Å². The Balaban J connectivity index is 1.83. The van der Waals surface area contributed by atoms with Gasteiger partial charge >= 0.3 is 0 Å². The topological polar surface area (TPSA) is 26.3 Å². The summed E-state index contributed by atoms with van der Waals surface area (Å²) in [6.07, 6.45) is 1.41. The Morgan fingerprint density at radius 3 is 3.00 bits per heavy atom. The van der Waals surface area contributed by atoms with Crippen LogP contribution in [0, 0.1) is 0 Å². The summed E-state index contributed by atoms with van der Waals surface area (Å²) in [6.45, 7) is 0. The fourth-order valence-corrected chi connectivity index (χ4v) is 4.93. The second-order valence-electron chi connectivity index (χ2n) is 4.92. The molecule has 0 radical (unpaired) electrons. The molecule has 0 atom stereocenters. The van der Waals surface area contributed by atoms with E-state index in [1.54, 1.807) is 30.6 Å². The SMILES string of the molecule is COc1ccc(Cl)cc1CC(=O)c1cc2c(s1)CCSC2. The van der Waals surface area contributed by atoms with E-state index >= 15 is 0 Å². The van der Waals surface area contributed by atoms with E-state index in [0.717, 1.165) is 28.4 Å². The molecule has 0 spiro atoms. The number of benzene rings is 1. The average Bonchev–Trinajstić information content (AvgIpc) is 2.91. The number of ether oxygens (including phenoxy) is 1. The zero-order valence-corrected chi connectivity index (χ0v) is 14.0. The zero-order chi connectivity index (χ0) is 14.8. The van der Waals surface area contributed by atoms with Gasteiger partial charge in [0.15, 0.2) is 5.78 Å². The van der Waals surface area contributed by atoms with Crippen LogP contribution in [0.2, 0.25) is 5.02 Å². The summed E-state index contributed by atoms with van der Waals surface area (Å²) in [4.78, 5) is 14.7. The van der Waals surface area contributed by atoms with E-state index in [2.05, 4.69) is 6.07 Å². The molecule has 1 aromatic carbocycles. The van der Waals surface area contributed by atoms with Crippen LogP contribution in [0.3, 0.4) is 0 Å². The number of carbonyl (C=O) groups excluding carboxylic acids is 1. The van der Waals surface area contributed by atoms with Gasteiger partial charge in [0.25, 0.3) is 0 Å². The largest absolute Gasteiger partial charge is 0.496 e. The first-order valence-corrected chi connectivity index (χ1v) is 9.07. The van der Waals surface area contributed by atoms with Crippen molar-refractivity contribution in [3.8, 4) is 5.75 Å². The van der Waals surface area contributed by atoms with Gasteiger partial charge in [-0.3, -0.25) is 4.79 Å². The molecule has 0 aliphatic carbocycles. The number of fused-ring (bicyclic) bond motifs is 1. The van der Waals surface area contributed by atoms with Gasteiger partial charge in [-0.15, -0.1) is 11.3 Å². The minimum Gasteiger partial charge on any atom is -0.496 e. The highest BCUT2D eigenvalue weighted by molar-refractivity contribution is 7.98. The fraction of sp³-hybridized carbons (Fsp3) is 0.312. The Kier molecular flexibility index (Phi) is 4.57. The lowest BCUT2D eigenvalue weighted by Crippen LogP contribution is -2.03. The Labute approximate surface area is 137 Å². The number of hydrogen-bond donors (Lipinski definition) is 0. The zero-order valence-electron chi connectivity index (χ0n) is 11.6. The van der Waals surface area contributed by atoms with Gasteiger partial charge in [-0.25, -0.2) is 0 Å². The molecule has 2 heterocycles. The molecule has 0 saturated carbocycles. The first-order chi connectivity index (χ1) is 10.2. The molecular formula is C16H15ClO2S2. The minimum absolute atomic E-state index is 0.139. The van der Waals surface area contributed by atoms with Crippen molar-refractivity contribution in [1.82, 2.24) is 0 Å². The van der Waals surface area contributed by atoms with Crippen molar-refractivity contribution in [3.05, 3.63) is 50.2 Å². The molecule has 21 heavy (non-hydrogen) atoms. The highest BCUT2D eigenvalue weighted by Crippen LogP contribution is 2.33. The van der Waals surface area contributed by atoms with Gasteiger partial charge < -0.3 is 4.74 Å². The Hall–Kier alpha value is -0.970. The third-order valence-electron chi connectivity index (χ3n) is 3.50. The summed E-state index contributed by atoms with van der Waals surface area (Å²) in [5.74, 6) is 3.03. The van der Waals surface area contributed by atoms with Gasteiger partial charge in [-0.1, -0.05) is 11.6 Å².